The van der Waals surface area contributed by atoms with Crippen LogP contribution in [0.15, 0.2) is 22.5 Å². The van der Waals surface area contributed by atoms with Crippen molar-refractivity contribution in [1.82, 2.24) is 10.3 Å². The van der Waals surface area contributed by atoms with Gasteiger partial charge < -0.3 is 29.7 Å². The van der Waals surface area contributed by atoms with Gasteiger partial charge in [-0.15, -0.1) is 11.3 Å². The van der Waals surface area contributed by atoms with E-state index in [-0.39, 0.29) is 0 Å². The molecule has 0 bridgehead atoms. The average Bonchev–Trinajstić information content (AvgIpc) is 3.44. The highest BCUT2D eigenvalue weighted by Gasteiger charge is 2.16. The molecule has 1 saturated heterocycles. The SMILES string of the molecule is CN=C(NCCc1csc(N2CCCC2)n1)Nc1cc(OC)c(OC)c(OC)c1. The standard InChI is InChI=1S/C20H29N5O3S/c1-21-19(23-15-11-16(26-2)18(28-4)17(12-15)27-3)22-8-7-14-13-29-20(24-14)25-9-5-6-10-25/h11-13H,5-10H2,1-4H3,(H2,21,22,23). The molecule has 0 atom stereocenters. The van der Waals surface area contributed by atoms with Crippen LogP contribution in [0.4, 0.5) is 10.8 Å². The lowest BCUT2D eigenvalue weighted by Crippen LogP contribution is -2.32. The number of aliphatic imine (C=N–C) groups is 1. The zero-order valence-electron chi connectivity index (χ0n) is 17.4. The van der Waals surface area contributed by atoms with Crippen molar-refractivity contribution < 1.29 is 14.2 Å². The first-order chi connectivity index (χ1) is 14.2. The quantitative estimate of drug-likeness (QED) is 0.503. The minimum Gasteiger partial charge on any atom is -0.493 e. The molecule has 1 aliphatic rings. The number of hydrogen-bond acceptors (Lipinski definition) is 7. The molecule has 1 aromatic heterocycles. The molecule has 0 amide bonds. The van der Waals surface area contributed by atoms with Crippen LogP contribution in [-0.2, 0) is 6.42 Å². The fourth-order valence-corrected chi connectivity index (χ4v) is 4.16. The minimum absolute atomic E-state index is 0.556. The summed E-state index contributed by atoms with van der Waals surface area (Å²) < 4.78 is 16.2. The van der Waals surface area contributed by atoms with Gasteiger partial charge in [0.15, 0.2) is 22.6 Å². The highest BCUT2D eigenvalue weighted by Crippen LogP contribution is 2.39. The second-order valence-electron chi connectivity index (χ2n) is 6.60. The lowest BCUT2D eigenvalue weighted by Gasteiger charge is -2.16. The number of anilines is 2. The van der Waals surface area contributed by atoms with Crippen molar-refractivity contribution >= 4 is 28.1 Å². The number of hydrogen-bond donors (Lipinski definition) is 2. The van der Waals surface area contributed by atoms with Gasteiger partial charge in [0, 0.05) is 56.3 Å². The molecule has 2 N–H and O–H groups in total. The molecular weight excluding hydrogens is 390 g/mol. The van der Waals surface area contributed by atoms with E-state index >= 15 is 0 Å². The van der Waals surface area contributed by atoms with Gasteiger partial charge in [0.2, 0.25) is 5.75 Å². The van der Waals surface area contributed by atoms with Gasteiger partial charge in [-0.05, 0) is 12.8 Å². The van der Waals surface area contributed by atoms with Crippen LogP contribution in [0.25, 0.3) is 0 Å². The van der Waals surface area contributed by atoms with E-state index in [1.54, 1.807) is 39.7 Å². The van der Waals surface area contributed by atoms with E-state index in [1.807, 2.05) is 12.1 Å². The van der Waals surface area contributed by atoms with Crippen LogP contribution in [-0.4, -0.2) is 59.0 Å². The monoisotopic (exact) mass is 419 g/mol. The summed E-state index contributed by atoms with van der Waals surface area (Å²) in [7, 11) is 6.51. The third-order valence-electron chi connectivity index (χ3n) is 4.74. The lowest BCUT2D eigenvalue weighted by molar-refractivity contribution is 0.324. The van der Waals surface area contributed by atoms with E-state index in [1.165, 1.54) is 12.8 Å². The number of aromatic nitrogens is 1. The van der Waals surface area contributed by atoms with Crippen molar-refractivity contribution in [2.24, 2.45) is 4.99 Å². The Bertz CT molecular complexity index is 808. The Morgan fingerprint density at radius 3 is 2.41 bits per heavy atom. The molecule has 1 fully saturated rings. The third kappa shape index (κ3) is 5.23. The van der Waals surface area contributed by atoms with Crippen LogP contribution in [0.1, 0.15) is 18.5 Å². The first kappa shape index (κ1) is 21.0. The van der Waals surface area contributed by atoms with Gasteiger partial charge >= 0.3 is 0 Å². The highest BCUT2D eigenvalue weighted by molar-refractivity contribution is 7.13. The van der Waals surface area contributed by atoms with Crippen molar-refractivity contribution in [2.45, 2.75) is 19.3 Å². The smallest absolute Gasteiger partial charge is 0.203 e. The van der Waals surface area contributed by atoms with E-state index in [9.17, 15) is 0 Å². The number of nitrogens with zero attached hydrogens (tertiary/aromatic N) is 3. The summed E-state index contributed by atoms with van der Waals surface area (Å²) in [6.45, 7) is 2.97. The van der Waals surface area contributed by atoms with Gasteiger partial charge in [0.25, 0.3) is 0 Å². The Labute approximate surface area is 175 Å². The molecule has 0 aliphatic carbocycles. The number of ether oxygens (including phenoxy) is 3. The minimum atomic E-state index is 0.556. The average molecular weight is 420 g/mol. The van der Waals surface area contributed by atoms with Gasteiger partial charge in [-0.25, -0.2) is 4.98 Å². The molecule has 0 saturated carbocycles. The van der Waals surface area contributed by atoms with Crippen molar-refractivity contribution in [3.8, 4) is 17.2 Å². The van der Waals surface area contributed by atoms with Gasteiger partial charge in [0.05, 0.1) is 27.0 Å². The van der Waals surface area contributed by atoms with Gasteiger partial charge in [-0.2, -0.15) is 0 Å². The molecular formula is C20H29N5O3S. The summed E-state index contributed by atoms with van der Waals surface area (Å²) in [5.41, 5.74) is 1.89. The molecule has 9 heteroatoms. The number of thiazole rings is 1. The van der Waals surface area contributed by atoms with Crippen LogP contribution >= 0.6 is 11.3 Å². The van der Waals surface area contributed by atoms with Gasteiger partial charge in [-0.3, -0.25) is 4.99 Å². The molecule has 0 unspecified atom stereocenters. The fourth-order valence-electron chi connectivity index (χ4n) is 3.24. The number of benzene rings is 1. The van der Waals surface area contributed by atoms with E-state index < -0.39 is 0 Å². The third-order valence-corrected chi connectivity index (χ3v) is 5.69. The molecule has 2 heterocycles. The Balaban J connectivity index is 1.57. The second kappa shape index (κ2) is 10.2. The Hall–Kier alpha value is -2.68. The van der Waals surface area contributed by atoms with Crippen LogP contribution in [0, 0.1) is 0 Å². The van der Waals surface area contributed by atoms with E-state index in [4.69, 9.17) is 19.2 Å². The Morgan fingerprint density at radius 2 is 1.83 bits per heavy atom. The summed E-state index contributed by atoms with van der Waals surface area (Å²) >= 11 is 1.73. The number of rotatable bonds is 8. The molecule has 1 aliphatic heterocycles. The molecule has 8 nitrogen and oxygen atoms in total. The van der Waals surface area contributed by atoms with Crippen LogP contribution < -0.4 is 29.7 Å². The maximum absolute atomic E-state index is 5.40. The number of methoxy groups -OCH3 is 3. The van der Waals surface area contributed by atoms with Gasteiger partial charge in [-0.1, -0.05) is 0 Å². The largest absolute Gasteiger partial charge is 0.493 e. The zero-order chi connectivity index (χ0) is 20.6. The highest BCUT2D eigenvalue weighted by atomic mass is 32.1. The molecule has 3 rings (SSSR count). The summed E-state index contributed by atoms with van der Waals surface area (Å²) in [5.74, 6) is 2.39. The summed E-state index contributed by atoms with van der Waals surface area (Å²) in [4.78, 5) is 11.4. The lowest BCUT2D eigenvalue weighted by atomic mass is 10.2. The molecule has 0 radical (unpaired) electrons. The van der Waals surface area contributed by atoms with Gasteiger partial charge in [0.1, 0.15) is 0 Å². The molecule has 1 aromatic carbocycles. The van der Waals surface area contributed by atoms with E-state index in [2.05, 4.69) is 25.9 Å². The summed E-state index contributed by atoms with van der Waals surface area (Å²) in [6, 6.07) is 3.69. The zero-order valence-corrected chi connectivity index (χ0v) is 18.3. The maximum Gasteiger partial charge on any atom is 0.203 e. The van der Waals surface area contributed by atoms with Crippen molar-refractivity contribution in [3.05, 3.63) is 23.2 Å². The first-order valence-electron chi connectivity index (χ1n) is 9.65. The Kier molecular flexibility index (Phi) is 7.40. The summed E-state index contributed by atoms with van der Waals surface area (Å²) in [5, 5.41) is 9.87. The number of nitrogens with one attached hydrogen (secondary N) is 2. The fraction of sp³-hybridized carbons (Fsp3) is 0.500. The number of guanidine groups is 1. The maximum atomic E-state index is 5.40. The predicted molar refractivity (Wildman–Crippen MR) is 118 cm³/mol. The second-order valence-corrected chi connectivity index (χ2v) is 7.44. The molecule has 29 heavy (non-hydrogen) atoms. The van der Waals surface area contributed by atoms with Crippen LogP contribution in [0.5, 0.6) is 17.2 Å². The molecule has 0 spiro atoms. The van der Waals surface area contributed by atoms with Crippen molar-refractivity contribution in [1.29, 1.82) is 0 Å². The van der Waals surface area contributed by atoms with Crippen molar-refractivity contribution in [3.63, 3.8) is 0 Å². The van der Waals surface area contributed by atoms with Crippen LogP contribution in [0.3, 0.4) is 0 Å². The molecule has 2 aromatic rings. The van der Waals surface area contributed by atoms with Crippen molar-refractivity contribution in [2.75, 3.05) is 58.2 Å². The normalized spacial score (nSPS) is 14.1. The van der Waals surface area contributed by atoms with Crippen LogP contribution in [0.2, 0.25) is 0 Å². The van der Waals surface area contributed by atoms with E-state index in [0.29, 0.717) is 23.2 Å². The topological polar surface area (TPSA) is 80.2 Å². The Morgan fingerprint density at radius 1 is 1.14 bits per heavy atom. The summed E-state index contributed by atoms with van der Waals surface area (Å²) in [6.07, 6.45) is 3.36. The molecule has 158 valence electrons. The van der Waals surface area contributed by atoms with E-state index in [0.717, 1.165) is 42.6 Å². The first-order valence-corrected chi connectivity index (χ1v) is 10.5. The predicted octanol–water partition coefficient (Wildman–Crippen LogP) is 3.00.